The molecule has 0 aliphatic rings. The van der Waals surface area contributed by atoms with E-state index in [4.69, 9.17) is 4.74 Å². The Balaban J connectivity index is 1.58. The van der Waals surface area contributed by atoms with Gasteiger partial charge in [-0.05, 0) is 43.7 Å². The fraction of sp³-hybridized carbons (Fsp3) is 0.261. The monoisotopic (exact) mass is 457 g/mol. The third kappa shape index (κ3) is 5.47. The van der Waals surface area contributed by atoms with Crippen LogP contribution in [-0.4, -0.2) is 33.1 Å². The van der Waals surface area contributed by atoms with Crippen LogP contribution in [0.3, 0.4) is 0 Å². The number of para-hydroxylation sites is 1. The van der Waals surface area contributed by atoms with Gasteiger partial charge in [-0.25, -0.2) is 9.07 Å². The van der Waals surface area contributed by atoms with Gasteiger partial charge in [0.05, 0.1) is 17.1 Å². The fourth-order valence-electron chi connectivity index (χ4n) is 3.05. The van der Waals surface area contributed by atoms with Crippen LogP contribution in [0.5, 0.6) is 0 Å². The molecule has 0 saturated heterocycles. The molecule has 0 spiro atoms. The Morgan fingerprint density at radius 3 is 2.44 bits per heavy atom. The summed E-state index contributed by atoms with van der Waals surface area (Å²) in [5.41, 5.74) is 1.87. The lowest BCUT2D eigenvalue weighted by atomic mass is 10.2. The molecule has 0 radical (unpaired) electrons. The maximum atomic E-state index is 12.9. The van der Waals surface area contributed by atoms with Gasteiger partial charge in [0.15, 0.2) is 6.10 Å². The maximum Gasteiger partial charge on any atom is 0.316 e. The number of amides is 1. The van der Waals surface area contributed by atoms with Crippen LogP contribution in [0.25, 0.3) is 5.69 Å². The number of ether oxygens (including phenoxy) is 1. The number of nitrogens with one attached hydrogen (secondary N) is 1. The number of hydrogen-bond donors (Lipinski definition) is 1. The lowest BCUT2D eigenvalue weighted by Gasteiger charge is -2.13. The quantitative estimate of drug-likeness (QED) is 0.524. The molecule has 3 rings (SSSR count). The number of anilines is 1. The minimum Gasteiger partial charge on any atom is -0.452 e. The Kier molecular flexibility index (Phi) is 7.53. The highest BCUT2D eigenvalue weighted by Crippen LogP contribution is 2.16. The predicted octanol–water partition coefficient (Wildman–Crippen LogP) is 3.43. The molecular formula is C23H24FN3O4S. The molecule has 168 valence electrons. The van der Waals surface area contributed by atoms with Crippen LogP contribution < -0.4 is 10.9 Å². The van der Waals surface area contributed by atoms with Crippen molar-refractivity contribution in [3.05, 3.63) is 82.0 Å². The van der Waals surface area contributed by atoms with Crippen LogP contribution in [0.15, 0.2) is 59.4 Å². The van der Waals surface area contributed by atoms with E-state index < -0.39 is 18.0 Å². The Morgan fingerprint density at radius 1 is 1.12 bits per heavy atom. The number of carbonyl (C=O) groups excluding carboxylic acids is 2. The van der Waals surface area contributed by atoms with Crippen molar-refractivity contribution in [1.82, 2.24) is 9.36 Å². The van der Waals surface area contributed by atoms with Crippen molar-refractivity contribution in [3.63, 3.8) is 0 Å². The maximum absolute atomic E-state index is 12.9. The zero-order valence-electron chi connectivity index (χ0n) is 18.0. The fourth-order valence-corrected chi connectivity index (χ4v) is 3.82. The van der Waals surface area contributed by atoms with Crippen molar-refractivity contribution in [3.8, 4) is 5.69 Å². The molecule has 1 heterocycles. The Morgan fingerprint density at radius 2 is 1.78 bits per heavy atom. The van der Waals surface area contributed by atoms with Crippen molar-refractivity contribution >= 4 is 29.3 Å². The summed E-state index contributed by atoms with van der Waals surface area (Å²) in [4.78, 5) is 37.5. The van der Waals surface area contributed by atoms with Gasteiger partial charge < -0.3 is 10.1 Å². The van der Waals surface area contributed by atoms with Gasteiger partial charge in [0.1, 0.15) is 11.5 Å². The molecule has 0 bridgehead atoms. The first-order valence-electron chi connectivity index (χ1n) is 9.94. The topological polar surface area (TPSA) is 82.3 Å². The molecule has 0 fully saturated rings. The summed E-state index contributed by atoms with van der Waals surface area (Å²) < 4.78 is 21.2. The molecule has 1 N–H and O–H groups in total. The predicted molar refractivity (Wildman–Crippen MR) is 122 cm³/mol. The molecule has 1 aromatic heterocycles. The molecule has 3 aromatic rings. The highest BCUT2D eigenvalue weighted by Gasteiger charge is 2.23. The third-order valence-electron chi connectivity index (χ3n) is 4.88. The highest BCUT2D eigenvalue weighted by molar-refractivity contribution is 7.99. The van der Waals surface area contributed by atoms with Crippen LogP contribution in [-0.2, 0) is 27.1 Å². The highest BCUT2D eigenvalue weighted by atomic mass is 32.2. The zero-order valence-corrected chi connectivity index (χ0v) is 18.8. The van der Waals surface area contributed by atoms with Crippen LogP contribution in [0, 0.1) is 12.7 Å². The van der Waals surface area contributed by atoms with Crippen molar-refractivity contribution in [1.29, 1.82) is 0 Å². The van der Waals surface area contributed by atoms with E-state index in [1.54, 1.807) is 42.9 Å². The lowest BCUT2D eigenvalue weighted by Crippen LogP contribution is -2.32. The molecule has 1 unspecified atom stereocenters. The number of hydrogen-bond acceptors (Lipinski definition) is 5. The van der Waals surface area contributed by atoms with E-state index >= 15 is 0 Å². The Hall–Kier alpha value is -3.33. The van der Waals surface area contributed by atoms with E-state index in [1.165, 1.54) is 35.5 Å². The Labute approximate surface area is 189 Å². The summed E-state index contributed by atoms with van der Waals surface area (Å²) in [6, 6.07) is 15.1. The molecule has 1 amide bonds. The van der Waals surface area contributed by atoms with Crippen LogP contribution >= 0.6 is 11.8 Å². The summed E-state index contributed by atoms with van der Waals surface area (Å²) in [6.07, 6.45) is -1.07. The van der Waals surface area contributed by atoms with Gasteiger partial charge in [0.2, 0.25) is 0 Å². The molecule has 7 nitrogen and oxygen atoms in total. The number of benzene rings is 2. The van der Waals surface area contributed by atoms with E-state index in [9.17, 15) is 18.8 Å². The minimum atomic E-state index is -1.07. The largest absolute Gasteiger partial charge is 0.452 e. The summed E-state index contributed by atoms with van der Waals surface area (Å²) in [5, 5.41) is 2.59. The van der Waals surface area contributed by atoms with Crippen molar-refractivity contribution < 1.29 is 18.7 Å². The lowest BCUT2D eigenvalue weighted by molar-refractivity contribution is -0.150. The van der Waals surface area contributed by atoms with Crippen molar-refractivity contribution in [2.75, 3.05) is 11.1 Å². The summed E-state index contributed by atoms with van der Waals surface area (Å²) in [5.74, 6) is -0.903. The van der Waals surface area contributed by atoms with Crippen LogP contribution in [0.2, 0.25) is 0 Å². The second-order valence-corrected chi connectivity index (χ2v) is 8.16. The van der Waals surface area contributed by atoms with Gasteiger partial charge in [0.25, 0.3) is 11.5 Å². The van der Waals surface area contributed by atoms with Crippen molar-refractivity contribution in [2.45, 2.75) is 25.7 Å². The second-order valence-electron chi connectivity index (χ2n) is 7.18. The van der Waals surface area contributed by atoms with E-state index in [0.717, 1.165) is 5.56 Å². The average Bonchev–Trinajstić information content (AvgIpc) is 2.98. The minimum absolute atomic E-state index is 0.0418. The zero-order chi connectivity index (χ0) is 23.3. The number of nitrogens with zero attached hydrogens (tertiary/aromatic N) is 2. The molecule has 32 heavy (non-hydrogen) atoms. The van der Waals surface area contributed by atoms with E-state index in [0.29, 0.717) is 17.1 Å². The number of rotatable bonds is 8. The first-order valence-corrected chi connectivity index (χ1v) is 11.1. The third-order valence-corrected chi connectivity index (χ3v) is 5.86. The van der Waals surface area contributed by atoms with Gasteiger partial charge in [0, 0.05) is 12.8 Å². The molecule has 1 atom stereocenters. The second kappa shape index (κ2) is 10.3. The molecule has 0 saturated carbocycles. The summed E-state index contributed by atoms with van der Waals surface area (Å²) in [6.45, 7) is 3.17. The first kappa shape index (κ1) is 23.3. The van der Waals surface area contributed by atoms with Gasteiger partial charge in [-0.3, -0.25) is 19.1 Å². The Bertz CT molecular complexity index is 1160. The van der Waals surface area contributed by atoms with Crippen molar-refractivity contribution in [2.24, 2.45) is 7.05 Å². The van der Waals surface area contributed by atoms with E-state index in [2.05, 4.69) is 5.32 Å². The summed E-state index contributed by atoms with van der Waals surface area (Å²) >= 11 is 1.30. The molecule has 0 aliphatic carbocycles. The van der Waals surface area contributed by atoms with E-state index in [1.807, 2.05) is 18.2 Å². The van der Waals surface area contributed by atoms with Gasteiger partial charge in [-0.1, -0.05) is 30.3 Å². The summed E-state index contributed by atoms with van der Waals surface area (Å²) in [7, 11) is 1.72. The van der Waals surface area contributed by atoms with Gasteiger partial charge in [-0.2, -0.15) is 0 Å². The van der Waals surface area contributed by atoms with Gasteiger partial charge in [-0.15, -0.1) is 11.8 Å². The number of carbonyl (C=O) groups is 2. The van der Waals surface area contributed by atoms with Crippen LogP contribution in [0.4, 0.5) is 10.1 Å². The number of thioether (sulfide) groups is 1. The SMILES string of the molecule is Cc1c(NC(=O)C(C)OC(=O)CSCc2ccc(F)cc2)c(=O)n(-c2ccccc2)n1C. The standard InChI is InChI=1S/C23H24FN3O4S/c1-15-21(23(30)27(26(15)3)19-7-5-4-6-8-19)25-22(29)16(2)31-20(28)14-32-13-17-9-11-18(24)12-10-17/h4-12,16H,13-14H2,1-3H3,(H,25,29). The number of esters is 1. The number of halogens is 1. The smallest absolute Gasteiger partial charge is 0.316 e. The molecule has 2 aromatic carbocycles. The molecule has 0 aliphatic heterocycles. The number of aromatic nitrogens is 2. The molecular weight excluding hydrogens is 433 g/mol. The van der Waals surface area contributed by atoms with E-state index in [-0.39, 0.29) is 22.8 Å². The first-order chi connectivity index (χ1) is 15.3. The van der Waals surface area contributed by atoms with Gasteiger partial charge >= 0.3 is 5.97 Å². The molecule has 9 heteroatoms. The normalized spacial score (nSPS) is 11.8. The van der Waals surface area contributed by atoms with Crippen LogP contribution in [0.1, 0.15) is 18.2 Å². The average molecular weight is 458 g/mol.